The Bertz CT molecular complexity index is 291. The number of rotatable bonds is 6. The molecule has 86 valence electrons. The molecule has 0 radical (unpaired) electrons. The summed E-state index contributed by atoms with van der Waals surface area (Å²) < 4.78 is 29.6. The minimum atomic E-state index is -2.46. The highest BCUT2D eigenvalue weighted by molar-refractivity contribution is 5.02. The zero-order chi connectivity index (χ0) is 11.3. The normalized spacial score (nSPS) is 13.4. The molecule has 0 saturated carbocycles. The second-order valence-electron chi connectivity index (χ2n) is 3.18. The summed E-state index contributed by atoms with van der Waals surface area (Å²) in [7, 11) is 1.74. The van der Waals surface area contributed by atoms with Crippen LogP contribution in [0.3, 0.4) is 0 Å². The number of hydrogen-bond acceptors (Lipinski definition) is 3. The quantitative estimate of drug-likeness (QED) is 0.731. The molecule has 0 bridgehead atoms. The number of aryl methyl sites for hydroxylation is 1. The highest BCUT2D eigenvalue weighted by Crippen LogP contribution is 2.13. The van der Waals surface area contributed by atoms with Gasteiger partial charge in [0.1, 0.15) is 6.61 Å². The summed E-state index contributed by atoms with van der Waals surface area (Å²) in [4.78, 5) is 0. The van der Waals surface area contributed by atoms with Gasteiger partial charge in [-0.1, -0.05) is 0 Å². The number of hydrogen-bond donors (Lipinski definition) is 1. The minimum absolute atomic E-state index is 0.0993. The van der Waals surface area contributed by atoms with Crippen LogP contribution in [0.5, 0.6) is 0 Å². The molecule has 0 fully saturated rings. The van der Waals surface area contributed by atoms with E-state index in [0.717, 1.165) is 0 Å². The predicted molar refractivity (Wildman–Crippen MR) is 49.6 cm³/mol. The molecule has 1 heterocycles. The molecule has 15 heavy (non-hydrogen) atoms. The first-order valence-electron chi connectivity index (χ1n) is 4.63. The van der Waals surface area contributed by atoms with Gasteiger partial charge in [0.2, 0.25) is 0 Å². The lowest BCUT2D eigenvalue weighted by Crippen LogP contribution is -2.09. The van der Waals surface area contributed by atoms with E-state index in [1.807, 2.05) is 0 Å². The van der Waals surface area contributed by atoms with Crippen molar-refractivity contribution in [1.29, 1.82) is 0 Å². The van der Waals surface area contributed by atoms with Gasteiger partial charge in [-0.05, 0) is 6.07 Å². The van der Waals surface area contributed by atoms with E-state index in [-0.39, 0.29) is 13.0 Å². The number of ether oxygens (including phenoxy) is 1. The van der Waals surface area contributed by atoms with Crippen LogP contribution in [0.15, 0.2) is 12.3 Å². The van der Waals surface area contributed by atoms with E-state index >= 15 is 0 Å². The number of halogens is 2. The molecule has 0 aliphatic rings. The Morgan fingerprint density at radius 1 is 1.60 bits per heavy atom. The molecule has 0 saturated heterocycles. The van der Waals surface area contributed by atoms with E-state index in [4.69, 9.17) is 0 Å². The summed E-state index contributed by atoms with van der Waals surface area (Å²) in [6.07, 6.45) is -1.25. The molecule has 1 unspecified atom stereocenters. The number of alkyl halides is 2. The van der Waals surface area contributed by atoms with Gasteiger partial charge in [0.25, 0.3) is 6.43 Å². The van der Waals surface area contributed by atoms with E-state index in [0.29, 0.717) is 5.69 Å². The molecule has 0 spiro atoms. The molecular weight excluding hydrogens is 206 g/mol. The Kier molecular flexibility index (Phi) is 4.64. The van der Waals surface area contributed by atoms with Crippen LogP contribution < -0.4 is 0 Å². The van der Waals surface area contributed by atoms with E-state index in [2.05, 4.69) is 9.84 Å². The average molecular weight is 220 g/mol. The van der Waals surface area contributed by atoms with Crippen molar-refractivity contribution in [1.82, 2.24) is 9.78 Å². The van der Waals surface area contributed by atoms with Gasteiger partial charge >= 0.3 is 0 Å². The highest BCUT2D eigenvalue weighted by atomic mass is 19.3. The van der Waals surface area contributed by atoms with E-state index < -0.39 is 19.1 Å². The summed E-state index contributed by atoms with van der Waals surface area (Å²) in [5.74, 6) is 0. The first-order valence-corrected chi connectivity index (χ1v) is 4.63. The van der Waals surface area contributed by atoms with E-state index in [1.54, 1.807) is 24.0 Å². The molecule has 1 aromatic heterocycles. The molecule has 0 aromatic carbocycles. The summed E-state index contributed by atoms with van der Waals surface area (Å²) >= 11 is 0. The van der Waals surface area contributed by atoms with Crippen LogP contribution in [0.4, 0.5) is 8.78 Å². The maximum Gasteiger partial charge on any atom is 0.261 e. The third-order valence-electron chi connectivity index (χ3n) is 1.86. The fraction of sp³-hybridized carbons (Fsp3) is 0.667. The maximum atomic E-state index is 11.7. The minimum Gasteiger partial charge on any atom is -0.387 e. The van der Waals surface area contributed by atoms with Crippen molar-refractivity contribution < 1.29 is 18.6 Å². The second kappa shape index (κ2) is 5.77. The topological polar surface area (TPSA) is 47.3 Å². The monoisotopic (exact) mass is 220 g/mol. The van der Waals surface area contributed by atoms with Gasteiger partial charge in [-0.25, -0.2) is 8.78 Å². The summed E-state index contributed by atoms with van der Waals surface area (Å²) in [6.45, 7) is -0.489. The van der Waals surface area contributed by atoms with Gasteiger partial charge in [0, 0.05) is 26.3 Å². The van der Waals surface area contributed by atoms with Crippen molar-refractivity contribution >= 4 is 0 Å². The van der Waals surface area contributed by atoms with Crippen molar-refractivity contribution in [2.75, 3.05) is 13.2 Å². The zero-order valence-electron chi connectivity index (χ0n) is 8.44. The molecule has 0 amide bonds. The van der Waals surface area contributed by atoms with Gasteiger partial charge in [-0.15, -0.1) is 0 Å². The van der Waals surface area contributed by atoms with Crippen molar-refractivity contribution in [2.24, 2.45) is 7.05 Å². The van der Waals surface area contributed by atoms with Crippen LogP contribution >= 0.6 is 0 Å². The van der Waals surface area contributed by atoms with Gasteiger partial charge in [0.05, 0.1) is 11.8 Å². The number of aromatic nitrogens is 2. The molecule has 1 atom stereocenters. The van der Waals surface area contributed by atoms with Gasteiger partial charge in [0.15, 0.2) is 0 Å². The van der Waals surface area contributed by atoms with Crippen molar-refractivity contribution in [3.63, 3.8) is 0 Å². The number of nitrogens with zero attached hydrogens (tertiary/aromatic N) is 2. The standard InChI is InChI=1S/C9H14F2N2O2/c1-13-4-2-7(12-13)8(14)3-5-15-6-9(10)11/h2,4,8-9,14H,3,5-6H2,1H3. The Hall–Kier alpha value is -1.01. The Morgan fingerprint density at radius 2 is 2.33 bits per heavy atom. The number of aliphatic hydroxyl groups is 1. The lowest BCUT2D eigenvalue weighted by Gasteiger charge is -2.07. The molecule has 0 aliphatic carbocycles. The fourth-order valence-electron chi connectivity index (χ4n) is 1.13. The Morgan fingerprint density at radius 3 is 2.87 bits per heavy atom. The molecule has 1 rings (SSSR count). The van der Waals surface area contributed by atoms with Crippen LogP contribution in [0, 0.1) is 0 Å². The lowest BCUT2D eigenvalue weighted by molar-refractivity contribution is 0.00435. The van der Waals surface area contributed by atoms with Gasteiger partial charge in [-0.2, -0.15) is 5.10 Å². The second-order valence-corrected chi connectivity index (χ2v) is 3.18. The molecule has 0 aliphatic heterocycles. The van der Waals surface area contributed by atoms with E-state index in [9.17, 15) is 13.9 Å². The largest absolute Gasteiger partial charge is 0.387 e. The molecule has 4 nitrogen and oxygen atoms in total. The van der Waals surface area contributed by atoms with Crippen molar-refractivity contribution in [3.8, 4) is 0 Å². The summed E-state index contributed by atoms with van der Waals surface area (Å²) in [5, 5.41) is 13.5. The lowest BCUT2D eigenvalue weighted by atomic mass is 10.2. The maximum absolute atomic E-state index is 11.7. The smallest absolute Gasteiger partial charge is 0.261 e. The van der Waals surface area contributed by atoms with Crippen molar-refractivity contribution in [2.45, 2.75) is 19.0 Å². The molecule has 1 N–H and O–H groups in total. The molecular formula is C9H14F2N2O2. The summed E-state index contributed by atoms with van der Waals surface area (Å²) in [6, 6.07) is 1.68. The zero-order valence-corrected chi connectivity index (χ0v) is 8.44. The van der Waals surface area contributed by atoms with Crippen LogP contribution in [0.2, 0.25) is 0 Å². The van der Waals surface area contributed by atoms with E-state index in [1.165, 1.54) is 0 Å². The highest BCUT2D eigenvalue weighted by Gasteiger charge is 2.10. The Balaban J connectivity index is 2.21. The first-order chi connectivity index (χ1) is 7.09. The summed E-state index contributed by atoms with van der Waals surface area (Å²) in [5.41, 5.74) is 0.526. The predicted octanol–water partition coefficient (Wildman–Crippen LogP) is 1.13. The van der Waals surface area contributed by atoms with Gasteiger partial charge in [-0.3, -0.25) is 4.68 Å². The third-order valence-corrected chi connectivity index (χ3v) is 1.86. The molecule has 6 heteroatoms. The SMILES string of the molecule is Cn1ccc(C(O)CCOCC(F)F)n1. The van der Waals surface area contributed by atoms with Crippen LogP contribution in [0.1, 0.15) is 18.2 Å². The number of aliphatic hydroxyl groups excluding tert-OH is 1. The fourth-order valence-corrected chi connectivity index (χ4v) is 1.13. The molecule has 1 aromatic rings. The Labute approximate surface area is 86.5 Å². The van der Waals surface area contributed by atoms with Gasteiger partial charge < -0.3 is 9.84 Å². The third kappa shape index (κ3) is 4.35. The average Bonchev–Trinajstić information content (AvgIpc) is 2.59. The van der Waals surface area contributed by atoms with Crippen molar-refractivity contribution in [3.05, 3.63) is 18.0 Å². The first kappa shape index (κ1) is 12.1. The van der Waals surface area contributed by atoms with Crippen LogP contribution in [0.25, 0.3) is 0 Å². The van der Waals surface area contributed by atoms with Crippen LogP contribution in [-0.2, 0) is 11.8 Å². The van der Waals surface area contributed by atoms with Crippen LogP contribution in [-0.4, -0.2) is 34.5 Å².